The molecule has 0 radical (unpaired) electrons. The lowest BCUT2D eigenvalue weighted by molar-refractivity contribution is -0.383. The molecule has 234 valence electrons. The average Bonchev–Trinajstić information content (AvgIpc) is 3.40. The van der Waals surface area contributed by atoms with Gasteiger partial charge in [0, 0.05) is 31.9 Å². The minimum absolute atomic E-state index is 0.0830. The van der Waals surface area contributed by atoms with E-state index in [0.29, 0.717) is 31.1 Å². The highest BCUT2D eigenvalue weighted by Crippen LogP contribution is 2.35. The van der Waals surface area contributed by atoms with Crippen molar-refractivity contribution in [1.82, 2.24) is 24.8 Å². The number of carbonyl (C=O) groups excluding carboxylic acids is 2. The Labute approximate surface area is 250 Å². The van der Waals surface area contributed by atoms with Crippen LogP contribution in [-0.2, 0) is 9.53 Å². The van der Waals surface area contributed by atoms with E-state index in [9.17, 15) is 19.7 Å². The van der Waals surface area contributed by atoms with E-state index < -0.39 is 22.6 Å². The Bertz CT molecular complexity index is 1260. The molecule has 15 nitrogen and oxygen atoms in total. The maximum absolute atomic E-state index is 13.5. The second-order valence-corrected chi connectivity index (χ2v) is 10.4. The van der Waals surface area contributed by atoms with E-state index in [1.807, 2.05) is 6.92 Å². The van der Waals surface area contributed by atoms with Gasteiger partial charge in [0.1, 0.15) is 12.6 Å². The summed E-state index contributed by atoms with van der Waals surface area (Å²) < 4.78 is 16.7. The predicted molar refractivity (Wildman–Crippen MR) is 157 cm³/mol. The molecule has 0 aliphatic carbocycles. The Morgan fingerprint density at radius 1 is 1.07 bits per heavy atom. The number of carbonyl (C=O) groups is 2. The molecule has 2 N–H and O–H groups in total. The average molecular weight is 601 g/mol. The van der Waals surface area contributed by atoms with Crippen LogP contribution >= 0.6 is 0 Å². The molecule has 2 saturated heterocycles. The van der Waals surface area contributed by atoms with Crippen LogP contribution in [0, 0.1) is 10.1 Å². The van der Waals surface area contributed by atoms with Gasteiger partial charge in [0.05, 0.1) is 30.2 Å². The summed E-state index contributed by atoms with van der Waals surface area (Å²) >= 11 is 0. The number of likely N-dealkylation sites (tertiary alicyclic amines) is 1. The molecule has 4 rings (SSSR count). The highest BCUT2D eigenvalue weighted by Gasteiger charge is 2.39. The molecule has 0 aromatic carbocycles. The van der Waals surface area contributed by atoms with Crippen molar-refractivity contribution in [2.45, 2.75) is 52.0 Å². The van der Waals surface area contributed by atoms with Gasteiger partial charge in [-0.2, -0.15) is 9.97 Å². The Balaban J connectivity index is 1.54. The Kier molecular flexibility index (Phi) is 11.2. The second kappa shape index (κ2) is 15.3. The second-order valence-electron chi connectivity index (χ2n) is 10.4. The number of unbranched alkanes of at least 4 members (excludes halogenated alkanes) is 1. The summed E-state index contributed by atoms with van der Waals surface area (Å²) in [5, 5.41) is 12.0. The van der Waals surface area contributed by atoms with Crippen LogP contribution in [0.15, 0.2) is 18.3 Å². The van der Waals surface area contributed by atoms with Gasteiger partial charge in [0.15, 0.2) is 0 Å². The van der Waals surface area contributed by atoms with E-state index in [0.717, 1.165) is 32.5 Å². The molecule has 4 heterocycles. The van der Waals surface area contributed by atoms with Gasteiger partial charge < -0.3 is 29.7 Å². The van der Waals surface area contributed by atoms with E-state index >= 15 is 0 Å². The predicted octanol–water partition coefficient (Wildman–Crippen LogP) is 2.30. The third-order valence-corrected chi connectivity index (χ3v) is 7.34. The third kappa shape index (κ3) is 8.18. The largest absolute Gasteiger partial charge is 0.476 e. The van der Waals surface area contributed by atoms with Crippen molar-refractivity contribution in [1.29, 1.82) is 0 Å². The quantitative estimate of drug-likeness (QED) is 0.153. The van der Waals surface area contributed by atoms with Gasteiger partial charge >= 0.3 is 17.7 Å². The monoisotopic (exact) mass is 600 g/mol. The first-order valence-electron chi connectivity index (χ1n) is 14.8. The first kappa shape index (κ1) is 31.7. The van der Waals surface area contributed by atoms with Gasteiger partial charge in [-0.15, -0.1) is 0 Å². The van der Waals surface area contributed by atoms with Gasteiger partial charge in [0.2, 0.25) is 17.5 Å². The first-order valence-corrected chi connectivity index (χ1v) is 14.8. The number of hydrogen-bond acceptors (Lipinski definition) is 13. The highest BCUT2D eigenvalue weighted by atomic mass is 16.6. The molecule has 0 bridgehead atoms. The lowest BCUT2D eigenvalue weighted by Crippen LogP contribution is -2.49. The maximum Gasteiger partial charge on any atom is 0.353 e. The SMILES string of the molecule is CCCCOc1nc(N)c([N+](=O)[O-])c(N2CCCN(C(=O)c3ccc(OCCN4CCCC4)nc3)CC2C(=O)OCC)n1. The number of esters is 1. The fourth-order valence-corrected chi connectivity index (χ4v) is 5.11. The standard InChI is InChI=1S/C28H40N8O7/c1-3-5-16-43-28-31-24(29)23(36(39)40)25(32-28)35-14-8-13-34(19-21(35)27(38)41-4-2)26(37)20-9-10-22(30-18-20)42-17-15-33-11-6-7-12-33/h9-10,18,21H,3-8,11-17,19H2,1-2H3,(H2,29,31,32). The van der Waals surface area contributed by atoms with Crippen LogP contribution in [0.2, 0.25) is 0 Å². The minimum atomic E-state index is -1.09. The number of aromatic nitrogens is 3. The molecule has 2 aliphatic heterocycles. The number of nitro groups is 1. The molecule has 2 aromatic rings. The van der Waals surface area contributed by atoms with Crippen molar-refractivity contribution in [2.75, 3.05) is 69.7 Å². The maximum atomic E-state index is 13.5. The van der Waals surface area contributed by atoms with E-state index in [4.69, 9.17) is 19.9 Å². The summed E-state index contributed by atoms with van der Waals surface area (Å²) in [7, 11) is 0. The van der Waals surface area contributed by atoms with Crippen LogP contribution in [0.3, 0.4) is 0 Å². The number of nitrogens with two attached hydrogens (primary N) is 1. The van der Waals surface area contributed by atoms with Crippen molar-refractivity contribution in [3.05, 3.63) is 34.0 Å². The van der Waals surface area contributed by atoms with Crippen molar-refractivity contribution >= 4 is 29.2 Å². The normalized spacial score (nSPS) is 17.4. The number of amides is 1. The summed E-state index contributed by atoms with van der Waals surface area (Å²) in [6, 6.07) is 2.07. The number of ether oxygens (including phenoxy) is 3. The molecule has 2 aliphatic rings. The minimum Gasteiger partial charge on any atom is -0.476 e. The summed E-state index contributed by atoms with van der Waals surface area (Å²) in [5.74, 6) is -1.11. The number of nitrogens with zero attached hydrogens (tertiary/aromatic N) is 7. The zero-order valence-electron chi connectivity index (χ0n) is 24.8. The molecule has 1 atom stereocenters. The van der Waals surface area contributed by atoms with Crippen molar-refractivity contribution in [2.24, 2.45) is 0 Å². The molecule has 0 spiro atoms. The number of rotatable bonds is 13. The molecule has 1 unspecified atom stereocenters. The van der Waals surface area contributed by atoms with Crippen LogP contribution in [0.5, 0.6) is 11.9 Å². The van der Waals surface area contributed by atoms with E-state index in [1.54, 1.807) is 19.1 Å². The van der Waals surface area contributed by atoms with Crippen molar-refractivity contribution in [3.63, 3.8) is 0 Å². The third-order valence-electron chi connectivity index (χ3n) is 7.34. The molecule has 43 heavy (non-hydrogen) atoms. The molecule has 0 saturated carbocycles. The lowest BCUT2D eigenvalue weighted by Gasteiger charge is -2.30. The molecular weight excluding hydrogens is 560 g/mol. The summed E-state index contributed by atoms with van der Waals surface area (Å²) in [6.45, 7) is 7.88. The lowest BCUT2D eigenvalue weighted by atomic mass is 10.2. The van der Waals surface area contributed by atoms with Crippen molar-refractivity contribution in [3.8, 4) is 11.9 Å². The summed E-state index contributed by atoms with van der Waals surface area (Å²) in [4.78, 5) is 56.0. The molecule has 15 heteroatoms. The smallest absolute Gasteiger partial charge is 0.353 e. The van der Waals surface area contributed by atoms with Crippen LogP contribution in [0.1, 0.15) is 56.3 Å². The van der Waals surface area contributed by atoms with Gasteiger partial charge in [-0.3, -0.25) is 19.8 Å². The Morgan fingerprint density at radius 3 is 2.53 bits per heavy atom. The van der Waals surface area contributed by atoms with E-state index in [-0.39, 0.29) is 49.8 Å². The number of nitrogen functional groups attached to an aromatic ring is 1. The van der Waals surface area contributed by atoms with E-state index in [1.165, 1.54) is 28.8 Å². The molecule has 2 fully saturated rings. The van der Waals surface area contributed by atoms with Gasteiger partial charge in [0.25, 0.3) is 5.91 Å². The van der Waals surface area contributed by atoms with Crippen LogP contribution < -0.4 is 20.1 Å². The zero-order chi connectivity index (χ0) is 30.8. The van der Waals surface area contributed by atoms with Crippen LogP contribution in [0.25, 0.3) is 0 Å². The van der Waals surface area contributed by atoms with Gasteiger partial charge in [-0.1, -0.05) is 13.3 Å². The number of anilines is 2. The first-order chi connectivity index (χ1) is 20.8. The van der Waals surface area contributed by atoms with E-state index in [2.05, 4.69) is 19.9 Å². The number of pyridine rings is 1. The Hall–Kier alpha value is -4.27. The summed E-state index contributed by atoms with van der Waals surface area (Å²) in [6.07, 6.45) is 5.84. The van der Waals surface area contributed by atoms with Gasteiger partial charge in [-0.05, 0) is 51.8 Å². The zero-order valence-corrected chi connectivity index (χ0v) is 24.8. The van der Waals surface area contributed by atoms with Crippen LogP contribution in [0.4, 0.5) is 17.3 Å². The molecule has 1 amide bonds. The fourth-order valence-electron chi connectivity index (χ4n) is 5.11. The van der Waals surface area contributed by atoms with Gasteiger partial charge in [-0.25, -0.2) is 9.78 Å². The topological polar surface area (TPSA) is 179 Å². The fraction of sp³-hybridized carbons (Fsp3) is 0.607. The van der Waals surface area contributed by atoms with Crippen LogP contribution in [-0.4, -0.2) is 107 Å². The van der Waals surface area contributed by atoms with Crippen molar-refractivity contribution < 1.29 is 28.7 Å². The molecular formula is C28H40N8O7. The Morgan fingerprint density at radius 2 is 1.86 bits per heavy atom. The molecule has 2 aromatic heterocycles. The highest BCUT2D eigenvalue weighted by molar-refractivity contribution is 5.94. The summed E-state index contributed by atoms with van der Waals surface area (Å²) in [5.41, 5.74) is 5.76. The number of hydrogen-bond donors (Lipinski definition) is 1.